The molecule has 112 valence electrons. The third-order valence-electron chi connectivity index (χ3n) is 4.16. The maximum Gasteiger partial charge on any atom is 0.129 e. The summed E-state index contributed by atoms with van der Waals surface area (Å²) in [7, 11) is 1.99. The Balaban J connectivity index is 2.17. The number of aryl methyl sites for hydroxylation is 1. The zero-order valence-corrected chi connectivity index (χ0v) is 13.3. The zero-order valence-electron chi connectivity index (χ0n) is 13.3. The van der Waals surface area contributed by atoms with Crippen LogP contribution in [0.5, 0.6) is 0 Å². The van der Waals surface area contributed by atoms with E-state index in [0.29, 0.717) is 6.04 Å². The number of rotatable bonds is 5. The van der Waals surface area contributed by atoms with Gasteiger partial charge in [0.2, 0.25) is 0 Å². The number of nitrogens with one attached hydrogen (secondary N) is 1. The van der Waals surface area contributed by atoms with Crippen molar-refractivity contribution in [1.82, 2.24) is 15.2 Å². The maximum absolute atomic E-state index is 4.82. The summed E-state index contributed by atoms with van der Waals surface area (Å²) in [6.07, 6.45) is 0.995. The number of anilines is 1. The van der Waals surface area contributed by atoms with Crippen LogP contribution in [0.25, 0.3) is 0 Å². The van der Waals surface area contributed by atoms with Crippen LogP contribution < -0.4 is 10.2 Å². The summed E-state index contributed by atoms with van der Waals surface area (Å²) in [5.74, 6) is 1.15. The Morgan fingerprint density at radius 3 is 2.70 bits per heavy atom. The smallest absolute Gasteiger partial charge is 0.129 e. The third kappa shape index (κ3) is 3.49. The predicted octanol–water partition coefficient (Wildman–Crippen LogP) is 1.89. The second-order valence-corrected chi connectivity index (χ2v) is 5.63. The average molecular weight is 276 g/mol. The van der Waals surface area contributed by atoms with E-state index in [1.165, 1.54) is 11.3 Å². The fourth-order valence-corrected chi connectivity index (χ4v) is 2.96. The number of piperazine rings is 1. The first-order valence-electron chi connectivity index (χ1n) is 7.81. The van der Waals surface area contributed by atoms with Crippen molar-refractivity contribution in [3.8, 4) is 0 Å². The van der Waals surface area contributed by atoms with Gasteiger partial charge in [-0.2, -0.15) is 0 Å². The summed E-state index contributed by atoms with van der Waals surface area (Å²) in [6, 6.07) is 5.06. The van der Waals surface area contributed by atoms with Crippen molar-refractivity contribution >= 4 is 5.82 Å². The van der Waals surface area contributed by atoms with Gasteiger partial charge < -0.3 is 10.2 Å². The van der Waals surface area contributed by atoms with Crippen LogP contribution in [0.3, 0.4) is 0 Å². The van der Waals surface area contributed by atoms with E-state index >= 15 is 0 Å². The molecule has 2 heterocycles. The van der Waals surface area contributed by atoms with Crippen LogP contribution >= 0.6 is 0 Å². The molecule has 1 aliphatic rings. The Morgan fingerprint density at radius 2 is 2.10 bits per heavy atom. The second kappa shape index (κ2) is 7.04. The zero-order chi connectivity index (χ0) is 14.5. The highest BCUT2D eigenvalue weighted by molar-refractivity contribution is 5.43. The molecular formula is C16H28N4. The molecule has 0 spiro atoms. The molecule has 4 heteroatoms. The van der Waals surface area contributed by atoms with Gasteiger partial charge in [0.15, 0.2) is 0 Å². The number of hydrogen-bond donors (Lipinski definition) is 1. The van der Waals surface area contributed by atoms with Crippen LogP contribution in [0.15, 0.2) is 12.1 Å². The van der Waals surface area contributed by atoms with Crippen molar-refractivity contribution in [1.29, 1.82) is 0 Å². The normalized spacial score (nSPS) is 20.4. The van der Waals surface area contributed by atoms with Crippen LogP contribution in [0.4, 0.5) is 5.82 Å². The van der Waals surface area contributed by atoms with Crippen molar-refractivity contribution in [3.63, 3.8) is 0 Å². The van der Waals surface area contributed by atoms with Crippen LogP contribution in [0, 0.1) is 0 Å². The van der Waals surface area contributed by atoms with Gasteiger partial charge in [-0.3, -0.25) is 4.90 Å². The van der Waals surface area contributed by atoms with E-state index in [-0.39, 0.29) is 0 Å². The van der Waals surface area contributed by atoms with E-state index in [1.807, 2.05) is 7.05 Å². The van der Waals surface area contributed by atoms with Gasteiger partial charge in [0.1, 0.15) is 5.82 Å². The maximum atomic E-state index is 4.82. The quantitative estimate of drug-likeness (QED) is 0.890. The van der Waals surface area contributed by atoms with Crippen molar-refractivity contribution in [2.75, 3.05) is 38.1 Å². The number of likely N-dealkylation sites (N-methyl/N-ethyl adjacent to an activating group) is 1. The van der Waals surface area contributed by atoms with Crippen molar-refractivity contribution in [2.45, 2.75) is 39.8 Å². The molecule has 1 aromatic heterocycles. The molecule has 1 saturated heterocycles. The number of nitrogens with zero attached hydrogens (tertiary/aromatic N) is 3. The van der Waals surface area contributed by atoms with E-state index in [1.54, 1.807) is 0 Å². The van der Waals surface area contributed by atoms with Crippen LogP contribution in [0.1, 0.15) is 32.0 Å². The molecule has 4 nitrogen and oxygen atoms in total. The van der Waals surface area contributed by atoms with Gasteiger partial charge in [0.05, 0.1) is 0 Å². The molecule has 1 atom stereocenters. The monoisotopic (exact) mass is 276 g/mol. The molecule has 1 N–H and O–H groups in total. The standard InChI is InChI=1S/C16H28N4/c1-5-15-9-14(11-17-4)10-16(18-15)20-8-7-19(6-2)13(3)12-20/h9-10,13,17H,5-8,11-12H2,1-4H3. The lowest BCUT2D eigenvalue weighted by Crippen LogP contribution is -2.52. The lowest BCUT2D eigenvalue weighted by atomic mass is 10.1. The molecule has 0 aliphatic carbocycles. The van der Waals surface area contributed by atoms with E-state index < -0.39 is 0 Å². The van der Waals surface area contributed by atoms with Gasteiger partial charge in [0.25, 0.3) is 0 Å². The Labute approximate surface area is 123 Å². The van der Waals surface area contributed by atoms with Crippen LogP contribution in [-0.2, 0) is 13.0 Å². The largest absolute Gasteiger partial charge is 0.354 e. The molecule has 0 amide bonds. The molecule has 1 aliphatic heterocycles. The van der Waals surface area contributed by atoms with Crippen molar-refractivity contribution in [3.05, 3.63) is 23.4 Å². The predicted molar refractivity (Wildman–Crippen MR) is 85.3 cm³/mol. The first-order valence-corrected chi connectivity index (χ1v) is 7.81. The molecule has 2 rings (SSSR count). The van der Waals surface area contributed by atoms with E-state index in [9.17, 15) is 0 Å². The van der Waals surface area contributed by atoms with Crippen molar-refractivity contribution in [2.24, 2.45) is 0 Å². The fourth-order valence-electron chi connectivity index (χ4n) is 2.96. The molecule has 0 radical (unpaired) electrons. The summed E-state index contributed by atoms with van der Waals surface area (Å²) in [5, 5.41) is 3.24. The average Bonchev–Trinajstić information content (AvgIpc) is 2.47. The third-order valence-corrected chi connectivity index (χ3v) is 4.16. The fraction of sp³-hybridized carbons (Fsp3) is 0.688. The van der Waals surface area contributed by atoms with E-state index in [2.05, 4.69) is 48.0 Å². The number of pyridine rings is 1. The SMILES string of the molecule is CCc1cc(CNC)cc(N2CCN(CC)C(C)C2)n1. The molecule has 1 fully saturated rings. The first-order chi connectivity index (χ1) is 9.67. The lowest BCUT2D eigenvalue weighted by Gasteiger charge is -2.40. The lowest BCUT2D eigenvalue weighted by molar-refractivity contribution is 0.199. The Hall–Kier alpha value is -1.13. The van der Waals surface area contributed by atoms with Gasteiger partial charge in [0, 0.05) is 37.9 Å². The second-order valence-electron chi connectivity index (χ2n) is 5.63. The summed E-state index contributed by atoms with van der Waals surface area (Å²) in [4.78, 5) is 9.80. The minimum atomic E-state index is 0.605. The van der Waals surface area contributed by atoms with Gasteiger partial charge in [-0.15, -0.1) is 0 Å². The molecule has 20 heavy (non-hydrogen) atoms. The first kappa shape index (κ1) is 15.3. The highest BCUT2D eigenvalue weighted by Crippen LogP contribution is 2.19. The summed E-state index contributed by atoms with van der Waals surface area (Å²) >= 11 is 0. The van der Waals surface area contributed by atoms with Gasteiger partial charge in [-0.1, -0.05) is 13.8 Å². The highest BCUT2D eigenvalue weighted by Gasteiger charge is 2.23. The van der Waals surface area contributed by atoms with Gasteiger partial charge in [-0.05, 0) is 44.6 Å². The molecular weight excluding hydrogens is 248 g/mol. The van der Waals surface area contributed by atoms with Gasteiger partial charge >= 0.3 is 0 Å². The Kier molecular flexibility index (Phi) is 5.38. The minimum absolute atomic E-state index is 0.605. The van der Waals surface area contributed by atoms with Crippen LogP contribution in [-0.4, -0.2) is 49.2 Å². The molecule has 0 aromatic carbocycles. The molecule has 1 aromatic rings. The van der Waals surface area contributed by atoms with Crippen molar-refractivity contribution < 1.29 is 0 Å². The van der Waals surface area contributed by atoms with Gasteiger partial charge in [-0.25, -0.2) is 4.98 Å². The minimum Gasteiger partial charge on any atom is -0.354 e. The highest BCUT2D eigenvalue weighted by atomic mass is 15.3. The molecule has 0 saturated carbocycles. The summed E-state index contributed by atoms with van der Waals surface area (Å²) in [6.45, 7) is 12.1. The molecule has 0 bridgehead atoms. The number of hydrogen-bond acceptors (Lipinski definition) is 4. The van der Waals surface area contributed by atoms with Crippen LogP contribution in [0.2, 0.25) is 0 Å². The Morgan fingerprint density at radius 1 is 1.30 bits per heavy atom. The summed E-state index contributed by atoms with van der Waals surface area (Å²) < 4.78 is 0. The van der Waals surface area contributed by atoms with E-state index in [0.717, 1.165) is 45.0 Å². The summed E-state index contributed by atoms with van der Waals surface area (Å²) in [5.41, 5.74) is 2.53. The topological polar surface area (TPSA) is 31.4 Å². The number of aromatic nitrogens is 1. The van der Waals surface area contributed by atoms with E-state index in [4.69, 9.17) is 4.98 Å². The molecule has 1 unspecified atom stereocenters. The Bertz CT molecular complexity index is 432.